The summed E-state index contributed by atoms with van der Waals surface area (Å²) < 4.78 is 7.31. The highest BCUT2D eigenvalue weighted by atomic mass is 35.5. The molecule has 4 aromatic rings. The summed E-state index contributed by atoms with van der Waals surface area (Å²) in [5.41, 5.74) is 2.84. The molecule has 1 saturated heterocycles. The number of nitrogens with zero attached hydrogens (tertiary/aromatic N) is 6. The van der Waals surface area contributed by atoms with E-state index in [1.165, 1.54) is 16.9 Å². The maximum atomic E-state index is 12.6. The monoisotopic (exact) mass is 468 g/mol. The van der Waals surface area contributed by atoms with Crippen LogP contribution in [0.2, 0.25) is 5.15 Å². The highest BCUT2D eigenvalue weighted by Gasteiger charge is 2.22. The Morgan fingerprint density at radius 3 is 2.75 bits per heavy atom. The molecule has 0 unspecified atom stereocenters. The van der Waals surface area contributed by atoms with E-state index >= 15 is 0 Å². The maximum absolute atomic E-state index is 12.6. The van der Waals surface area contributed by atoms with E-state index in [0.717, 1.165) is 29.3 Å². The van der Waals surface area contributed by atoms with Gasteiger partial charge in [-0.2, -0.15) is 4.98 Å². The third kappa shape index (κ3) is 4.32. The van der Waals surface area contributed by atoms with Crippen molar-refractivity contribution >= 4 is 39.9 Å². The first-order chi connectivity index (χ1) is 15.6. The van der Waals surface area contributed by atoms with Crippen LogP contribution in [-0.4, -0.2) is 61.4 Å². The lowest BCUT2D eigenvalue weighted by Crippen LogP contribution is -2.47. The van der Waals surface area contributed by atoms with Crippen molar-refractivity contribution in [3.05, 3.63) is 64.2 Å². The summed E-state index contributed by atoms with van der Waals surface area (Å²) in [4.78, 5) is 26.3. The standard InChI is InChI=1S/C22H21ClN6O2S/c1-15-2-4-16(5-3-15)21-24-18(31-26-21)14-27-8-10-28(11-9-27)19(30)7-6-17-20(23)25-22-29(17)12-13-32-22/h2-7,12-13H,8-11,14H2,1H3/b7-6+. The summed E-state index contributed by atoms with van der Waals surface area (Å²) in [7, 11) is 0. The molecule has 1 amide bonds. The van der Waals surface area contributed by atoms with Gasteiger partial charge in [0.15, 0.2) is 10.1 Å². The van der Waals surface area contributed by atoms with E-state index < -0.39 is 0 Å². The van der Waals surface area contributed by atoms with Gasteiger partial charge in [0.25, 0.3) is 0 Å². The highest BCUT2D eigenvalue weighted by molar-refractivity contribution is 7.15. The quantitative estimate of drug-likeness (QED) is 0.415. The van der Waals surface area contributed by atoms with Gasteiger partial charge in [-0.15, -0.1) is 11.3 Å². The minimum absolute atomic E-state index is 0.0367. The van der Waals surface area contributed by atoms with Crippen LogP contribution in [0.5, 0.6) is 0 Å². The van der Waals surface area contributed by atoms with Crippen LogP contribution in [0.3, 0.4) is 0 Å². The summed E-state index contributed by atoms with van der Waals surface area (Å²) in [5.74, 6) is 1.14. The predicted molar refractivity (Wildman–Crippen MR) is 123 cm³/mol. The SMILES string of the molecule is Cc1ccc(-c2noc(CN3CCN(C(=O)/C=C/c4c(Cl)nc5sccn45)CC3)n2)cc1. The van der Waals surface area contributed by atoms with Crippen molar-refractivity contribution in [3.63, 3.8) is 0 Å². The summed E-state index contributed by atoms with van der Waals surface area (Å²) >= 11 is 7.70. The molecule has 0 N–H and O–H groups in total. The molecular formula is C22H21ClN6O2S. The number of thiazole rings is 1. The van der Waals surface area contributed by atoms with E-state index in [1.54, 1.807) is 12.2 Å². The Bertz CT molecular complexity index is 1270. The van der Waals surface area contributed by atoms with Gasteiger partial charge in [0.2, 0.25) is 17.6 Å². The Labute approximate surface area is 193 Å². The zero-order chi connectivity index (χ0) is 22.1. The number of amides is 1. The molecule has 1 aliphatic rings. The van der Waals surface area contributed by atoms with Crippen LogP contribution in [-0.2, 0) is 11.3 Å². The second kappa shape index (κ2) is 8.85. The Balaban J connectivity index is 1.16. The number of aromatic nitrogens is 4. The molecule has 0 atom stereocenters. The van der Waals surface area contributed by atoms with Crippen molar-refractivity contribution in [1.29, 1.82) is 0 Å². The van der Waals surface area contributed by atoms with Crippen molar-refractivity contribution in [2.24, 2.45) is 0 Å². The van der Waals surface area contributed by atoms with Gasteiger partial charge in [0.05, 0.1) is 12.2 Å². The molecule has 1 aromatic carbocycles. The van der Waals surface area contributed by atoms with Crippen LogP contribution in [0.25, 0.3) is 22.4 Å². The van der Waals surface area contributed by atoms with E-state index in [0.29, 0.717) is 36.5 Å². The van der Waals surface area contributed by atoms with Gasteiger partial charge >= 0.3 is 0 Å². The number of fused-ring (bicyclic) bond motifs is 1. The molecule has 10 heteroatoms. The molecule has 1 fully saturated rings. The van der Waals surface area contributed by atoms with Gasteiger partial charge in [-0.05, 0) is 13.0 Å². The average molecular weight is 469 g/mol. The van der Waals surface area contributed by atoms with E-state index in [1.807, 2.05) is 52.1 Å². The molecular weight excluding hydrogens is 448 g/mol. The zero-order valence-corrected chi connectivity index (χ0v) is 19.0. The van der Waals surface area contributed by atoms with E-state index in [2.05, 4.69) is 20.0 Å². The molecule has 32 heavy (non-hydrogen) atoms. The van der Waals surface area contributed by atoms with Crippen molar-refractivity contribution < 1.29 is 9.32 Å². The zero-order valence-electron chi connectivity index (χ0n) is 17.4. The minimum atomic E-state index is -0.0367. The molecule has 3 aromatic heterocycles. The number of aryl methyl sites for hydroxylation is 1. The highest BCUT2D eigenvalue weighted by Crippen LogP contribution is 2.22. The van der Waals surface area contributed by atoms with E-state index in [4.69, 9.17) is 16.1 Å². The van der Waals surface area contributed by atoms with Gasteiger partial charge in [0, 0.05) is 49.4 Å². The van der Waals surface area contributed by atoms with E-state index in [-0.39, 0.29) is 5.91 Å². The smallest absolute Gasteiger partial charge is 0.246 e. The molecule has 0 saturated carbocycles. The predicted octanol–water partition coefficient (Wildman–Crippen LogP) is 3.77. The topological polar surface area (TPSA) is 79.8 Å². The molecule has 8 nitrogen and oxygen atoms in total. The van der Waals surface area contributed by atoms with Crippen LogP contribution in [0.1, 0.15) is 17.1 Å². The van der Waals surface area contributed by atoms with Gasteiger partial charge in [-0.3, -0.25) is 14.1 Å². The fourth-order valence-electron chi connectivity index (χ4n) is 3.64. The number of piperazine rings is 1. The van der Waals surface area contributed by atoms with Crippen molar-refractivity contribution in [2.75, 3.05) is 26.2 Å². The number of halogens is 1. The van der Waals surface area contributed by atoms with Crippen molar-refractivity contribution in [3.8, 4) is 11.4 Å². The molecule has 0 spiro atoms. The van der Waals surface area contributed by atoms with E-state index in [9.17, 15) is 4.79 Å². The van der Waals surface area contributed by atoms with Crippen molar-refractivity contribution in [2.45, 2.75) is 13.5 Å². The largest absolute Gasteiger partial charge is 0.338 e. The maximum Gasteiger partial charge on any atom is 0.246 e. The van der Waals surface area contributed by atoms with Gasteiger partial charge in [-0.1, -0.05) is 46.6 Å². The Morgan fingerprint density at radius 2 is 1.97 bits per heavy atom. The molecule has 0 aliphatic carbocycles. The molecule has 0 radical (unpaired) electrons. The van der Waals surface area contributed by atoms with Crippen LogP contribution >= 0.6 is 22.9 Å². The van der Waals surface area contributed by atoms with Crippen LogP contribution in [0.4, 0.5) is 0 Å². The molecule has 1 aliphatic heterocycles. The Morgan fingerprint density at radius 1 is 1.19 bits per heavy atom. The lowest BCUT2D eigenvalue weighted by molar-refractivity contribution is -0.127. The fraction of sp³-hybridized carbons (Fsp3) is 0.273. The summed E-state index contributed by atoms with van der Waals surface area (Å²) in [5, 5.41) is 6.43. The van der Waals surface area contributed by atoms with Crippen LogP contribution in [0, 0.1) is 6.92 Å². The number of benzene rings is 1. The molecule has 4 heterocycles. The first kappa shape index (κ1) is 20.9. The fourth-order valence-corrected chi connectivity index (χ4v) is 4.64. The van der Waals surface area contributed by atoms with Crippen LogP contribution < -0.4 is 0 Å². The second-order valence-corrected chi connectivity index (χ2v) is 8.89. The molecule has 0 bridgehead atoms. The van der Waals surface area contributed by atoms with Gasteiger partial charge in [-0.25, -0.2) is 4.98 Å². The number of hydrogen-bond donors (Lipinski definition) is 0. The summed E-state index contributed by atoms with van der Waals surface area (Å²) in [6.45, 7) is 5.36. The summed E-state index contributed by atoms with van der Waals surface area (Å²) in [6.07, 6.45) is 5.19. The number of carbonyl (C=O) groups excluding carboxylic acids is 1. The number of imidazole rings is 1. The lowest BCUT2D eigenvalue weighted by atomic mass is 10.1. The first-order valence-electron chi connectivity index (χ1n) is 10.3. The lowest BCUT2D eigenvalue weighted by Gasteiger charge is -2.33. The second-order valence-electron chi connectivity index (χ2n) is 7.66. The molecule has 164 valence electrons. The van der Waals surface area contributed by atoms with Crippen LogP contribution in [0.15, 0.2) is 46.4 Å². The number of hydrogen-bond acceptors (Lipinski definition) is 7. The molecule has 5 rings (SSSR count). The summed E-state index contributed by atoms with van der Waals surface area (Å²) in [6, 6.07) is 8.03. The average Bonchev–Trinajstić information content (AvgIpc) is 3.50. The third-order valence-electron chi connectivity index (χ3n) is 5.46. The third-order valence-corrected chi connectivity index (χ3v) is 6.49. The number of rotatable bonds is 5. The Kier molecular flexibility index (Phi) is 5.77. The van der Waals surface area contributed by atoms with Crippen molar-refractivity contribution in [1.82, 2.24) is 29.3 Å². The first-order valence-corrected chi connectivity index (χ1v) is 11.5. The van der Waals surface area contributed by atoms with Gasteiger partial charge < -0.3 is 9.42 Å². The normalized spacial score (nSPS) is 15.2. The Hall–Kier alpha value is -3.01. The minimum Gasteiger partial charge on any atom is -0.338 e. The number of carbonyl (C=O) groups is 1. The van der Waals surface area contributed by atoms with Gasteiger partial charge in [0.1, 0.15) is 0 Å².